The predicted octanol–water partition coefficient (Wildman–Crippen LogP) is 2.91. The van der Waals surface area contributed by atoms with Crippen LogP contribution in [-0.4, -0.2) is 47.7 Å². The molecule has 0 spiro atoms. The number of aliphatic hydroxyl groups excluding tert-OH is 1. The van der Waals surface area contributed by atoms with E-state index < -0.39 is 6.10 Å². The van der Waals surface area contributed by atoms with Gasteiger partial charge in [-0.3, -0.25) is 9.78 Å². The van der Waals surface area contributed by atoms with Crippen molar-refractivity contribution in [3.05, 3.63) is 53.7 Å². The number of benzene rings is 1. The summed E-state index contributed by atoms with van der Waals surface area (Å²) in [6.07, 6.45) is -0.607. The molecule has 0 saturated heterocycles. The van der Waals surface area contributed by atoms with Crippen LogP contribution in [-0.2, 0) is 4.74 Å². The van der Waals surface area contributed by atoms with E-state index in [2.05, 4.69) is 4.98 Å². The lowest BCUT2D eigenvalue weighted by Gasteiger charge is -2.20. The fourth-order valence-electron chi connectivity index (χ4n) is 2.42. The second-order valence-electron chi connectivity index (χ2n) is 5.58. The van der Waals surface area contributed by atoms with Crippen LogP contribution in [0.2, 0.25) is 0 Å². The van der Waals surface area contributed by atoms with E-state index >= 15 is 0 Å². The Bertz CT molecular complexity index is 669. The van der Waals surface area contributed by atoms with Crippen LogP contribution < -0.4 is 0 Å². The Morgan fingerprint density at radius 3 is 2.54 bits per heavy atom. The normalized spacial score (nSPS) is 12.0. The minimum Gasteiger partial charge on any atom is -0.387 e. The van der Waals surface area contributed by atoms with Gasteiger partial charge in [0.25, 0.3) is 5.91 Å². The van der Waals surface area contributed by atoms with Crippen LogP contribution in [0.5, 0.6) is 0 Å². The Kier molecular flexibility index (Phi) is 6.46. The molecule has 128 valence electrons. The monoisotopic (exact) mass is 328 g/mol. The first-order chi connectivity index (χ1) is 11.6. The van der Waals surface area contributed by atoms with E-state index in [9.17, 15) is 9.90 Å². The number of aromatic nitrogens is 1. The number of carbonyl (C=O) groups is 1. The Balaban J connectivity index is 2.18. The lowest BCUT2D eigenvalue weighted by atomic mass is 10.1. The first kappa shape index (κ1) is 18.1. The van der Waals surface area contributed by atoms with Crippen LogP contribution >= 0.6 is 0 Å². The highest BCUT2D eigenvalue weighted by molar-refractivity contribution is 5.94. The van der Waals surface area contributed by atoms with Gasteiger partial charge in [-0.05, 0) is 38.1 Å². The van der Waals surface area contributed by atoms with Crippen molar-refractivity contribution < 1.29 is 14.6 Å². The van der Waals surface area contributed by atoms with E-state index in [1.165, 1.54) is 0 Å². The number of methoxy groups -OCH3 is 1. The highest BCUT2D eigenvalue weighted by Crippen LogP contribution is 2.20. The number of ether oxygens (including phenoxy) is 1. The number of aliphatic hydroxyl groups is 1. The van der Waals surface area contributed by atoms with E-state index in [4.69, 9.17) is 4.74 Å². The zero-order valence-corrected chi connectivity index (χ0v) is 14.4. The molecule has 2 rings (SSSR count). The van der Waals surface area contributed by atoms with E-state index in [0.717, 1.165) is 11.3 Å². The molecule has 1 amide bonds. The van der Waals surface area contributed by atoms with Crippen molar-refractivity contribution in [1.29, 1.82) is 0 Å². The van der Waals surface area contributed by atoms with Gasteiger partial charge in [0.2, 0.25) is 0 Å². The number of pyridine rings is 1. The second kappa shape index (κ2) is 8.57. The summed E-state index contributed by atoms with van der Waals surface area (Å²) < 4.78 is 5.05. The first-order valence-electron chi connectivity index (χ1n) is 8.10. The second-order valence-corrected chi connectivity index (χ2v) is 5.58. The lowest BCUT2D eigenvalue weighted by Crippen LogP contribution is -2.33. The fourth-order valence-corrected chi connectivity index (χ4v) is 2.42. The number of nitrogens with zero attached hydrogens (tertiary/aromatic N) is 2. The minimum absolute atomic E-state index is 0.00760. The maximum Gasteiger partial charge on any atom is 0.253 e. The summed E-state index contributed by atoms with van der Waals surface area (Å²) in [7, 11) is 1.63. The van der Waals surface area contributed by atoms with Gasteiger partial charge in [-0.15, -0.1) is 0 Å². The molecule has 0 aliphatic rings. The molecular weight excluding hydrogens is 304 g/mol. The summed E-state index contributed by atoms with van der Waals surface area (Å²) in [5.41, 5.74) is 2.96. The molecule has 0 bridgehead atoms. The molecule has 24 heavy (non-hydrogen) atoms. The average Bonchev–Trinajstić information content (AvgIpc) is 2.62. The van der Waals surface area contributed by atoms with Gasteiger partial charge in [0.05, 0.1) is 24.1 Å². The third-order valence-electron chi connectivity index (χ3n) is 3.86. The van der Waals surface area contributed by atoms with Gasteiger partial charge in [-0.25, -0.2) is 0 Å². The predicted molar refractivity (Wildman–Crippen MR) is 93.8 cm³/mol. The van der Waals surface area contributed by atoms with E-state index in [1.807, 2.05) is 43.3 Å². The topological polar surface area (TPSA) is 62.7 Å². The summed E-state index contributed by atoms with van der Waals surface area (Å²) >= 11 is 0. The van der Waals surface area contributed by atoms with Crippen molar-refractivity contribution in [3.8, 4) is 11.3 Å². The number of carbonyl (C=O) groups excluding carboxylic acids is 1. The molecule has 1 aromatic heterocycles. The van der Waals surface area contributed by atoms with E-state index in [1.54, 1.807) is 25.0 Å². The average molecular weight is 328 g/mol. The summed E-state index contributed by atoms with van der Waals surface area (Å²) in [5, 5.41) is 9.65. The molecule has 1 N–H and O–H groups in total. The van der Waals surface area contributed by atoms with Gasteiger partial charge in [0, 0.05) is 31.3 Å². The molecule has 1 heterocycles. The first-order valence-corrected chi connectivity index (χ1v) is 8.10. The van der Waals surface area contributed by atoms with Crippen molar-refractivity contribution in [1.82, 2.24) is 9.88 Å². The number of likely N-dealkylation sites (N-methyl/N-ethyl adjacent to an activating group) is 1. The molecular formula is C19H24N2O3. The largest absolute Gasteiger partial charge is 0.387 e. The number of hydrogen-bond donors (Lipinski definition) is 1. The van der Waals surface area contributed by atoms with Gasteiger partial charge in [0.15, 0.2) is 0 Å². The number of hydrogen-bond acceptors (Lipinski definition) is 4. The van der Waals surface area contributed by atoms with Gasteiger partial charge in [0.1, 0.15) is 0 Å². The summed E-state index contributed by atoms with van der Waals surface area (Å²) in [5.74, 6) is -0.00760. The summed E-state index contributed by atoms with van der Waals surface area (Å²) in [6, 6.07) is 12.9. The van der Waals surface area contributed by atoms with Crippen LogP contribution in [0.3, 0.4) is 0 Å². The Labute approximate surface area is 142 Å². The SMILES string of the molecule is CCN(CCOC)C(=O)c1ccc(-c2cccc([C@@H](C)O)n2)cc1. The highest BCUT2D eigenvalue weighted by Gasteiger charge is 2.14. The third-order valence-corrected chi connectivity index (χ3v) is 3.86. The van der Waals surface area contributed by atoms with Gasteiger partial charge < -0.3 is 14.7 Å². The van der Waals surface area contributed by atoms with Gasteiger partial charge in [-0.1, -0.05) is 18.2 Å². The standard InChI is InChI=1S/C19H24N2O3/c1-4-21(12-13-24-3)19(23)16-10-8-15(9-11-16)18-7-5-6-17(20-18)14(2)22/h5-11,14,22H,4,12-13H2,1-3H3/t14-/m1/s1. The summed E-state index contributed by atoms with van der Waals surface area (Å²) in [4.78, 5) is 18.7. The minimum atomic E-state index is -0.607. The van der Waals surface area contributed by atoms with Gasteiger partial charge in [-0.2, -0.15) is 0 Å². The maximum atomic E-state index is 12.5. The molecule has 0 unspecified atom stereocenters. The van der Waals surface area contributed by atoms with Crippen LogP contribution in [0.4, 0.5) is 0 Å². The lowest BCUT2D eigenvalue weighted by molar-refractivity contribution is 0.0706. The van der Waals surface area contributed by atoms with Crippen molar-refractivity contribution >= 4 is 5.91 Å². The third kappa shape index (κ3) is 4.40. The zero-order chi connectivity index (χ0) is 17.5. The van der Waals surface area contributed by atoms with Crippen LogP contribution in [0.25, 0.3) is 11.3 Å². The van der Waals surface area contributed by atoms with Crippen LogP contribution in [0.15, 0.2) is 42.5 Å². The fraction of sp³-hybridized carbons (Fsp3) is 0.368. The van der Waals surface area contributed by atoms with E-state index in [0.29, 0.717) is 31.0 Å². The molecule has 5 nitrogen and oxygen atoms in total. The molecule has 0 aliphatic carbocycles. The van der Waals surface area contributed by atoms with Gasteiger partial charge >= 0.3 is 0 Å². The Hall–Kier alpha value is -2.24. The molecule has 2 aromatic rings. The van der Waals surface area contributed by atoms with Crippen molar-refractivity contribution in [3.63, 3.8) is 0 Å². The quantitative estimate of drug-likeness (QED) is 0.849. The zero-order valence-electron chi connectivity index (χ0n) is 14.4. The molecule has 0 fully saturated rings. The van der Waals surface area contributed by atoms with E-state index in [-0.39, 0.29) is 5.91 Å². The smallest absolute Gasteiger partial charge is 0.253 e. The maximum absolute atomic E-state index is 12.5. The van der Waals surface area contributed by atoms with Crippen LogP contribution in [0, 0.1) is 0 Å². The number of rotatable bonds is 7. The highest BCUT2D eigenvalue weighted by atomic mass is 16.5. The van der Waals surface area contributed by atoms with Crippen molar-refractivity contribution in [2.75, 3.05) is 26.8 Å². The van der Waals surface area contributed by atoms with Crippen LogP contribution in [0.1, 0.15) is 36.0 Å². The molecule has 0 aliphatic heterocycles. The molecule has 0 saturated carbocycles. The van der Waals surface area contributed by atoms with Crippen molar-refractivity contribution in [2.45, 2.75) is 20.0 Å². The number of amides is 1. The van der Waals surface area contributed by atoms with Crippen molar-refractivity contribution in [2.24, 2.45) is 0 Å². The molecule has 1 atom stereocenters. The Morgan fingerprint density at radius 2 is 1.96 bits per heavy atom. The molecule has 0 radical (unpaired) electrons. The Morgan fingerprint density at radius 1 is 1.25 bits per heavy atom. The summed E-state index contributed by atoms with van der Waals surface area (Å²) in [6.45, 7) is 5.38. The molecule has 5 heteroatoms. The molecule has 1 aromatic carbocycles.